The van der Waals surface area contributed by atoms with E-state index in [2.05, 4.69) is 10.1 Å². The third kappa shape index (κ3) is 2.55. The molecule has 1 heterocycles. The van der Waals surface area contributed by atoms with Crippen molar-refractivity contribution in [1.29, 1.82) is 0 Å². The van der Waals surface area contributed by atoms with Crippen molar-refractivity contribution < 1.29 is 18.4 Å². The molecule has 6 heteroatoms. The van der Waals surface area contributed by atoms with Crippen molar-refractivity contribution in [2.45, 2.75) is 50.6 Å². The van der Waals surface area contributed by atoms with Crippen LogP contribution in [0, 0.1) is 0 Å². The van der Waals surface area contributed by atoms with E-state index in [-0.39, 0.29) is 12.3 Å². The Hall–Kier alpha value is -1.04. The summed E-state index contributed by atoms with van der Waals surface area (Å²) in [7, 11) is 0. The van der Waals surface area contributed by atoms with Crippen LogP contribution in [-0.2, 0) is 6.42 Å². The molecule has 90 valence electrons. The predicted molar refractivity (Wildman–Crippen MR) is 51.2 cm³/mol. The lowest BCUT2D eigenvalue weighted by atomic mass is 10.1. The Labute approximate surface area is 91.7 Å². The van der Waals surface area contributed by atoms with Crippen molar-refractivity contribution in [3.63, 3.8) is 0 Å². The quantitative estimate of drug-likeness (QED) is 0.861. The second-order valence-electron chi connectivity index (χ2n) is 4.13. The second-order valence-corrected chi connectivity index (χ2v) is 4.13. The van der Waals surface area contributed by atoms with Crippen molar-refractivity contribution in [2.75, 3.05) is 0 Å². The number of aliphatic hydroxyl groups is 1. The zero-order valence-corrected chi connectivity index (χ0v) is 8.77. The monoisotopic (exact) mass is 232 g/mol. The first-order chi connectivity index (χ1) is 7.66. The number of hydrogen-bond donors (Lipinski definition) is 1. The summed E-state index contributed by atoms with van der Waals surface area (Å²) in [4.78, 5) is 4.04. The third-order valence-corrected chi connectivity index (χ3v) is 2.88. The lowest BCUT2D eigenvalue weighted by Crippen LogP contribution is -2.20. The molecule has 0 bridgehead atoms. The first-order valence-electron chi connectivity index (χ1n) is 5.45. The minimum absolute atomic E-state index is 0.0923. The highest BCUT2D eigenvalue weighted by atomic mass is 19.3. The topological polar surface area (TPSA) is 59.2 Å². The van der Waals surface area contributed by atoms with Gasteiger partial charge in [-0.15, -0.1) is 0 Å². The Balaban J connectivity index is 1.96. The van der Waals surface area contributed by atoms with Gasteiger partial charge in [0, 0.05) is 5.92 Å². The summed E-state index contributed by atoms with van der Waals surface area (Å²) in [5.74, 6) is 0.977. The minimum Gasteiger partial charge on any atom is -0.387 e. The molecule has 0 aliphatic heterocycles. The molecule has 4 nitrogen and oxygen atoms in total. The van der Waals surface area contributed by atoms with Gasteiger partial charge >= 0.3 is 0 Å². The average molecular weight is 232 g/mol. The van der Waals surface area contributed by atoms with Crippen molar-refractivity contribution in [1.82, 2.24) is 10.1 Å². The van der Waals surface area contributed by atoms with E-state index < -0.39 is 12.5 Å². The van der Waals surface area contributed by atoms with Crippen LogP contribution in [0.1, 0.15) is 43.3 Å². The fourth-order valence-corrected chi connectivity index (χ4v) is 1.97. The molecule has 0 amide bonds. The van der Waals surface area contributed by atoms with E-state index in [0.29, 0.717) is 11.7 Å². The maximum absolute atomic E-state index is 12.1. The molecule has 0 spiro atoms. The molecule has 1 aliphatic carbocycles. The van der Waals surface area contributed by atoms with Gasteiger partial charge in [-0.3, -0.25) is 0 Å². The van der Waals surface area contributed by atoms with Crippen LogP contribution < -0.4 is 0 Å². The Morgan fingerprint density at radius 2 is 2.06 bits per heavy atom. The number of nitrogens with zero attached hydrogens (tertiary/aromatic N) is 2. The van der Waals surface area contributed by atoms with Crippen molar-refractivity contribution in [3.8, 4) is 0 Å². The van der Waals surface area contributed by atoms with Crippen molar-refractivity contribution in [3.05, 3.63) is 11.7 Å². The van der Waals surface area contributed by atoms with Crippen LogP contribution in [0.25, 0.3) is 0 Å². The van der Waals surface area contributed by atoms with Gasteiger partial charge in [0.15, 0.2) is 5.82 Å². The molecule has 1 saturated carbocycles. The summed E-state index contributed by atoms with van der Waals surface area (Å²) in [6.07, 6.45) is -0.439. The van der Waals surface area contributed by atoms with E-state index in [1.165, 1.54) is 0 Å². The van der Waals surface area contributed by atoms with Crippen molar-refractivity contribution >= 4 is 0 Å². The molecule has 0 radical (unpaired) electrons. The van der Waals surface area contributed by atoms with Crippen LogP contribution in [0.15, 0.2) is 4.52 Å². The molecule has 16 heavy (non-hydrogen) atoms. The van der Waals surface area contributed by atoms with Crippen LogP contribution in [0.2, 0.25) is 0 Å². The van der Waals surface area contributed by atoms with Gasteiger partial charge in [-0.25, -0.2) is 8.78 Å². The lowest BCUT2D eigenvalue weighted by Gasteiger charge is -2.04. The number of halogens is 2. The van der Waals surface area contributed by atoms with E-state index in [9.17, 15) is 8.78 Å². The van der Waals surface area contributed by atoms with Crippen LogP contribution in [0.5, 0.6) is 0 Å². The standard InChI is InChI=1S/C10H14F2N2O2/c11-9(12)7(15)5-8-13-10(14-16-8)6-3-1-2-4-6/h6-7,9,15H,1-5H2. The van der Waals surface area contributed by atoms with E-state index in [1.807, 2.05) is 0 Å². The predicted octanol–water partition coefficient (Wildman–Crippen LogP) is 1.90. The first kappa shape index (κ1) is 11.4. The number of rotatable bonds is 4. The van der Waals surface area contributed by atoms with Gasteiger partial charge in [-0.1, -0.05) is 18.0 Å². The molecule has 1 unspecified atom stereocenters. The Bertz CT molecular complexity index is 337. The molecule has 0 aromatic carbocycles. The maximum atomic E-state index is 12.1. The van der Waals surface area contributed by atoms with Crippen LogP contribution in [0.3, 0.4) is 0 Å². The van der Waals surface area contributed by atoms with Crippen molar-refractivity contribution in [2.24, 2.45) is 0 Å². The number of aromatic nitrogens is 2. The van der Waals surface area contributed by atoms with E-state index in [1.54, 1.807) is 0 Å². The number of hydrogen-bond acceptors (Lipinski definition) is 4. The largest absolute Gasteiger partial charge is 0.387 e. The molecule has 1 aromatic heterocycles. The zero-order chi connectivity index (χ0) is 11.5. The van der Waals surface area contributed by atoms with E-state index in [0.717, 1.165) is 25.7 Å². The van der Waals surface area contributed by atoms with Crippen LogP contribution >= 0.6 is 0 Å². The van der Waals surface area contributed by atoms with E-state index in [4.69, 9.17) is 9.63 Å². The Morgan fingerprint density at radius 1 is 1.38 bits per heavy atom. The summed E-state index contributed by atoms with van der Waals surface area (Å²) in [5, 5.41) is 12.7. The first-order valence-corrected chi connectivity index (χ1v) is 5.45. The van der Waals surface area contributed by atoms with Gasteiger partial charge < -0.3 is 9.63 Å². The molecule has 0 saturated heterocycles. The number of alkyl halides is 2. The lowest BCUT2D eigenvalue weighted by molar-refractivity contribution is -0.00754. The zero-order valence-electron chi connectivity index (χ0n) is 8.77. The molecule has 1 atom stereocenters. The smallest absolute Gasteiger partial charge is 0.264 e. The highest BCUT2D eigenvalue weighted by molar-refractivity contribution is 4.98. The summed E-state index contributed by atoms with van der Waals surface area (Å²) >= 11 is 0. The van der Waals surface area contributed by atoms with Crippen LogP contribution in [-0.4, -0.2) is 27.8 Å². The SMILES string of the molecule is OC(Cc1nc(C2CCCC2)no1)C(F)F. The highest BCUT2D eigenvalue weighted by Gasteiger charge is 2.24. The van der Waals surface area contributed by atoms with Gasteiger partial charge in [-0.2, -0.15) is 4.98 Å². The minimum atomic E-state index is -2.78. The van der Waals surface area contributed by atoms with Gasteiger partial charge in [0.25, 0.3) is 6.43 Å². The summed E-state index contributed by atoms with van der Waals surface area (Å²) in [6.45, 7) is 0. The third-order valence-electron chi connectivity index (χ3n) is 2.88. The van der Waals surface area contributed by atoms with Gasteiger partial charge in [0.05, 0.1) is 6.42 Å². The normalized spacial score (nSPS) is 19.5. The summed E-state index contributed by atoms with van der Waals surface area (Å²) in [6, 6.07) is 0. The molecule has 1 N–H and O–H groups in total. The summed E-state index contributed by atoms with van der Waals surface area (Å²) in [5.41, 5.74) is 0. The number of aliphatic hydroxyl groups excluding tert-OH is 1. The molecule has 2 rings (SSSR count). The van der Waals surface area contributed by atoms with E-state index >= 15 is 0 Å². The van der Waals surface area contributed by atoms with Crippen LogP contribution in [0.4, 0.5) is 8.78 Å². The fraction of sp³-hybridized carbons (Fsp3) is 0.800. The van der Waals surface area contributed by atoms with Gasteiger partial charge in [0.1, 0.15) is 6.10 Å². The average Bonchev–Trinajstić information content (AvgIpc) is 2.85. The maximum Gasteiger partial charge on any atom is 0.264 e. The molecule has 1 aliphatic rings. The fourth-order valence-electron chi connectivity index (χ4n) is 1.97. The molecule has 1 aromatic rings. The van der Waals surface area contributed by atoms with Gasteiger partial charge in [-0.05, 0) is 12.8 Å². The molecule has 1 fully saturated rings. The Kier molecular flexibility index (Phi) is 3.48. The molecular weight excluding hydrogens is 218 g/mol. The molecular formula is C10H14F2N2O2. The second kappa shape index (κ2) is 4.86. The van der Waals surface area contributed by atoms with Gasteiger partial charge in [0.2, 0.25) is 5.89 Å². The summed E-state index contributed by atoms with van der Waals surface area (Å²) < 4.78 is 29.0. The Morgan fingerprint density at radius 3 is 2.69 bits per heavy atom. The highest BCUT2D eigenvalue weighted by Crippen LogP contribution is 2.32.